The van der Waals surface area contributed by atoms with E-state index in [1.165, 1.54) is 11.8 Å². The third-order valence-electron chi connectivity index (χ3n) is 6.46. The molecule has 1 unspecified atom stereocenters. The highest BCUT2D eigenvalue weighted by Gasteiger charge is 2.33. The summed E-state index contributed by atoms with van der Waals surface area (Å²) in [5.74, 6) is 1.24. The van der Waals surface area contributed by atoms with Crippen molar-refractivity contribution in [1.82, 2.24) is 24.2 Å². The van der Waals surface area contributed by atoms with Crippen molar-refractivity contribution in [1.29, 1.82) is 0 Å². The van der Waals surface area contributed by atoms with Crippen LogP contribution in [0, 0.1) is 0 Å². The van der Waals surface area contributed by atoms with Gasteiger partial charge in [0, 0.05) is 61.4 Å². The van der Waals surface area contributed by atoms with Crippen molar-refractivity contribution in [2.24, 2.45) is 0 Å². The van der Waals surface area contributed by atoms with Gasteiger partial charge in [-0.2, -0.15) is 0 Å². The molecule has 1 atom stereocenters. The van der Waals surface area contributed by atoms with E-state index < -0.39 is 10.0 Å². The van der Waals surface area contributed by atoms with Crippen LogP contribution in [-0.4, -0.2) is 58.0 Å². The van der Waals surface area contributed by atoms with Crippen LogP contribution in [0.15, 0.2) is 30.9 Å². The lowest BCUT2D eigenvalue weighted by Gasteiger charge is -2.38. The molecule has 2 aliphatic heterocycles. The van der Waals surface area contributed by atoms with Gasteiger partial charge >= 0.3 is 0 Å². The second-order valence-corrected chi connectivity index (χ2v) is 10.4. The third-order valence-corrected chi connectivity index (χ3v) is 7.76. The van der Waals surface area contributed by atoms with Crippen LogP contribution in [0.25, 0.3) is 10.9 Å². The van der Waals surface area contributed by atoms with Gasteiger partial charge in [0.1, 0.15) is 12.1 Å². The Balaban J connectivity index is 1.47. The lowest BCUT2D eigenvalue weighted by atomic mass is 9.88. The highest BCUT2D eigenvalue weighted by Crippen LogP contribution is 2.36. The molecule has 0 saturated carbocycles. The summed E-state index contributed by atoms with van der Waals surface area (Å²) in [5.41, 5.74) is 4.44. The fourth-order valence-corrected chi connectivity index (χ4v) is 5.70. The molecule has 3 aromatic rings. The topological polar surface area (TPSA) is 95.1 Å². The number of rotatable bonds is 3. The minimum Gasteiger partial charge on any atom is -0.361 e. The molecule has 5 rings (SSSR count). The predicted octanol–water partition coefficient (Wildman–Crippen LogP) is 2.44. The first-order valence-corrected chi connectivity index (χ1v) is 12.2. The number of hydrogen-bond donors (Lipinski definition) is 1. The molecule has 3 aromatic heterocycles. The van der Waals surface area contributed by atoms with Gasteiger partial charge in [0.2, 0.25) is 10.0 Å². The van der Waals surface area contributed by atoms with Gasteiger partial charge in [0.15, 0.2) is 0 Å². The molecule has 2 aliphatic rings. The second-order valence-electron chi connectivity index (χ2n) is 8.37. The van der Waals surface area contributed by atoms with Gasteiger partial charge in [0.05, 0.1) is 23.2 Å². The molecule has 0 aliphatic carbocycles. The number of hydrogen-bond acceptors (Lipinski definition) is 6. The first-order valence-electron chi connectivity index (χ1n) is 10.4. The Morgan fingerprint density at radius 3 is 2.70 bits per heavy atom. The predicted molar refractivity (Wildman–Crippen MR) is 116 cm³/mol. The largest absolute Gasteiger partial charge is 0.361 e. The zero-order valence-corrected chi connectivity index (χ0v) is 18.1. The molecule has 158 valence electrons. The van der Waals surface area contributed by atoms with Crippen LogP contribution >= 0.6 is 0 Å². The van der Waals surface area contributed by atoms with Crippen LogP contribution in [0.1, 0.15) is 42.6 Å². The van der Waals surface area contributed by atoms with Crippen LogP contribution in [0.3, 0.4) is 0 Å². The number of fused-ring (bicyclic) bond motifs is 2. The number of aromatic amines is 1. The Morgan fingerprint density at radius 1 is 1.13 bits per heavy atom. The average molecular weight is 427 g/mol. The van der Waals surface area contributed by atoms with Gasteiger partial charge in [-0.3, -0.25) is 0 Å². The van der Waals surface area contributed by atoms with Crippen molar-refractivity contribution in [2.75, 3.05) is 24.2 Å². The van der Waals surface area contributed by atoms with E-state index in [2.05, 4.69) is 32.8 Å². The first-order chi connectivity index (χ1) is 14.4. The second kappa shape index (κ2) is 7.31. The van der Waals surface area contributed by atoms with Gasteiger partial charge in [0.25, 0.3) is 0 Å². The molecule has 1 N–H and O–H groups in total. The van der Waals surface area contributed by atoms with Crippen molar-refractivity contribution in [3.8, 4) is 0 Å². The highest BCUT2D eigenvalue weighted by atomic mass is 32.2. The molecule has 0 spiro atoms. The quantitative estimate of drug-likeness (QED) is 0.691. The molecular weight excluding hydrogens is 400 g/mol. The number of sulfonamides is 1. The first kappa shape index (κ1) is 19.4. The van der Waals surface area contributed by atoms with E-state index in [1.807, 2.05) is 18.5 Å². The van der Waals surface area contributed by atoms with Gasteiger partial charge < -0.3 is 9.88 Å². The lowest BCUT2D eigenvalue weighted by Crippen LogP contribution is -2.41. The van der Waals surface area contributed by atoms with E-state index in [0.717, 1.165) is 53.9 Å². The van der Waals surface area contributed by atoms with Crippen LogP contribution in [0.2, 0.25) is 0 Å². The summed E-state index contributed by atoms with van der Waals surface area (Å²) < 4.78 is 25.3. The summed E-state index contributed by atoms with van der Waals surface area (Å²) in [7, 11) is -3.14. The maximum absolute atomic E-state index is 11.9. The Labute approximate surface area is 176 Å². The Morgan fingerprint density at radius 2 is 1.93 bits per heavy atom. The Kier molecular flexibility index (Phi) is 4.74. The molecule has 0 aromatic carbocycles. The third kappa shape index (κ3) is 3.35. The van der Waals surface area contributed by atoms with Gasteiger partial charge in [-0.15, -0.1) is 0 Å². The molecule has 0 radical (unpaired) electrons. The number of piperidine rings is 1. The number of H-pyrrole nitrogens is 1. The summed E-state index contributed by atoms with van der Waals surface area (Å²) in [6, 6.07) is 4.34. The van der Waals surface area contributed by atoms with Crippen LogP contribution < -0.4 is 4.90 Å². The minimum absolute atomic E-state index is 0.256. The van der Waals surface area contributed by atoms with E-state index in [1.54, 1.807) is 10.6 Å². The van der Waals surface area contributed by atoms with E-state index in [0.29, 0.717) is 13.1 Å². The Bertz CT molecular complexity index is 1180. The lowest BCUT2D eigenvalue weighted by molar-refractivity contribution is 0.317. The molecule has 5 heterocycles. The summed E-state index contributed by atoms with van der Waals surface area (Å²) in [6.07, 6.45) is 9.17. The van der Waals surface area contributed by atoms with Crippen molar-refractivity contribution in [3.05, 3.63) is 47.8 Å². The number of nitrogens with zero attached hydrogens (tertiary/aromatic N) is 5. The van der Waals surface area contributed by atoms with E-state index >= 15 is 0 Å². The Hall–Kier alpha value is -2.52. The smallest absolute Gasteiger partial charge is 0.211 e. The fourth-order valence-electron chi connectivity index (χ4n) is 4.82. The maximum Gasteiger partial charge on any atom is 0.211 e. The molecular formula is C21H26N6O2S. The average Bonchev–Trinajstić information content (AvgIpc) is 3.21. The van der Waals surface area contributed by atoms with Gasteiger partial charge in [-0.1, -0.05) is 0 Å². The van der Waals surface area contributed by atoms with E-state index in [-0.39, 0.29) is 12.0 Å². The van der Waals surface area contributed by atoms with Crippen LogP contribution in [-0.2, 0) is 23.0 Å². The molecule has 1 fully saturated rings. The SMILES string of the molecule is CC1Cc2ncnc(C3CCN(S(C)(=O)=O)CC3)c2CN1c1nccc2[nH]ccc12. The van der Waals surface area contributed by atoms with Crippen molar-refractivity contribution in [3.63, 3.8) is 0 Å². The minimum atomic E-state index is -3.14. The molecule has 1 saturated heterocycles. The van der Waals surface area contributed by atoms with Crippen molar-refractivity contribution >= 4 is 26.7 Å². The van der Waals surface area contributed by atoms with Crippen molar-refractivity contribution in [2.45, 2.75) is 44.7 Å². The zero-order valence-electron chi connectivity index (χ0n) is 17.2. The summed E-state index contributed by atoms with van der Waals surface area (Å²) in [5, 5.41) is 1.12. The molecule has 30 heavy (non-hydrogen) atoms. The molecule has 0 bridgehead atoms. The standard InChI is InChI=1S/C21H26N6O2S/c1-14-11-19-17(12-27(14)21-16-3-7-22-18(16)4-8-23-21)20(25-13-24-19)15-5-9-26(10-6-15)30(2,28)29/h3-4,7-8,13-15,22H,5-6,9-12H2,1-2H3. The molecule has 9 heteroatoms. The van der Waals surface area contributed by atoms with Gasteiger partial charge in [-0.25, -0.2) is 27.7 Å². The van der Waals surface area contributed by atoms with Crippen LogP contribution in [0.4, 0.5) is 5.82 Å². The zero-order chi connectivity index (χ0) is 20.9. The number of nitrogens with one attached hydrogen (secondary N) is 1. The van der Waals surface area contributed by atoms with E-state index in [9.17, 15) is 8.42 Å². The summed E-state index contributed by atoms with van der Waals surface area (Å²) >= 11 is 0. The maximum atomic E-state index is 11.9. The monoisotopic (exact) mass is 426 g/mol. The van der Waals surface area contributed by atoms with E-state index in [4.69, 9.17) is 4.98 Å². The summed E-state index contributed by atoms with van der Waals surface area (Å²) in [4.78, 5) is 19.6. The van der Waals surface area contributed by atoms with Crippen LogP contribution in [0.5, 0.6) is 0 Å². The molecule has 0 amide bonds. The number of aromatic nitrogens is 4. The number of anilines is 1. The fraction of sp³-hybridized carbons (Fsp3) is 0.476. The van der Waals surface area contributed by atoms with Crippen molar-refractivity contribution < 1.29 is 8.42 Å². The normalized spacial score (nSPS) is 21.1. The summed E-state index contributed by atoms with van der Waals surface area (Å²) in [6.45, 7) is 4.03. The molecule has 8 nitrogen and oxygen atoms in total. The number of pyridine rings is 1. The highest BCUT2D eigenvalue weighted by molar-refractivity contribution is 7.88. The van der Waals surface area contributed by atoms with Gasteiger partial charge in [-0.05, 0) is 31.9 Å².